The Bertz CT molecular complexity index is 784. The zero-order valence-electron chi connectivity index (χ0n) is 20.5. The fourth-order valence-corrected chi connectivity index (χ4v) is 7.55. The van der Waals surface area contributed by atoms with Crippen LogP contribution in [0, 0.1) is 29.6 Å². The molecular formula is C26H39NO7. The molecule has 6 atom stereocenters. The predicted octanol–water partition coefficient (Wildman–Crippen LogP) is 2.72. The van der Waals surface area contributed by atoms with Crippen LogP contribution in [0.25, 0.3) is 0 Å². The molecule has 0 amide bonds. The van der Waals surface area contributed by atoms with Crippen LogP contribution in [-0.2, 0) is 33.3 Å². The number of hydrogen-bond acceptors (Lipinski definition) is 8. The Balaban J connectivity index is 1.30. The molecule has 2 heterocycles. The Morgan fingerprint density at radius 2 is 1.76 bits per heavy atom. The van der Waals surface area contributed by atoms with E-state index in [4.69, 9.17) is 18.9 Å². The zero-order chi connectivity index (χ0) is 23.9. The first-order valence-electron chi connectivity index (χ1n) is 13.4. The molecule has 8 nitrogen and oxygen atoms in total. The van der Waals surface area contributed by atoms with Crippen LogP contribution in [-0.4, -0.2) is 73.5 Å². The summed E-state index contributed by atoms with van der Waals surface area (Å²) >= 11 is 0. The van der Waals surface area contributed by atoms with E-state index in [2.05, 4.69) is 13.8 Å². The zero-order valence-corrected chi connectivity index (χ0v) is 20.5. The largest absolute Gasteiger partial charge is 0.459 e. The minimum absolute atomic E-state index is 0.0661. The topological polar surface area (TPSA) is 91.4 Å². The highest BCUT2D eigenvalue weighted by Gasteiger charge is 2.70. The first kappa shape index (κ1) is 24.0. The summed E-state index contributed by atoms with van der Waals surface area (Å²) in [7, 11) is 0. The smallest absolute Gasteiger partial charge is 0.320 e. The molecule has 8 heteroatoms. The van der Waals surface area contributed by atoms with Crippen LogP contribution in [0.4, 0.5) is 0 Å². The van der Waals surface area contributed by atoms with Gasteiger partial charge in [-0.05, 0) is 38.0 Å². The summed E-state index contributed by atoms with van der Waals surface area (Å²) in [6.07, 6.45) is 6.99. The highest BCUT2D eigenvalue weighted by molar-refractivity contribution is 5.86. The fourth-order valence-electron chi connectivity index (χ4n) is 7.55. The third-order valence-corrected chi connectivity index (χ3v) is 9.39. The minimum atomic E-state index is -0.585. The van der Waals surface area contributed by atoms with Gasteiger partial charge in [0.15, 0.2) is 0 Å². The van der Waals surface area contributed by atoms with Crippen molar-refractivity contribution in [1.29, 1.82) is 0 Å². The van der Waals surface area contributed by atoms with Gasteiger partial charge in [0.2, 0.25) is 0 Å². The number of fused-ring (bicyclic) bond motifs is 1. The van der Waals surface area contributed by atoms with Crippen LogP contribution in [0.3, 0.4) is 0 Å². The van der Waals surface area contributed by atoms with E-state index in [0.29, 0.717) is 38.6 Å². The van der Waals surface area contributed by atoms with E-state index < -0.39 is 29.6 Å². The van der Waals surface area contributed by atoms with E-state index >= 15 is 0 Å². The maximum atomic E-state index is 13.7. The Hall–Kier alpha value is -1.67. The van der Waals surface area contributed by atoms with Gasteiger partial charge in [-0.1, -0.05) is 33.1 Å². The molecule has 34 heavy (non-hydrogen) atoms. The second-order valence-electron chi connectivity index (χ2n) is 10.9. The van der Waals surface area contributed by atoms with E-state index in [9.17, 15) is 14.4 Å². The van der Waals surface area contributed by atoms with E-state index in [1.54, 1.807) is 0 Å². The number of hydrogen-bond donors (Lipinski definition) is 0. The van der Waals surface area contributed by atoms with E-state index in [-0.39, 0.29) is 36.3 Å². The number of esters is 3. The number of ether oxygens (including phenoxy) is 4. The average molecular weight is 478 g/mol. The molecule has 190 valence electrons. The third-order valence-electron chi connectivity index (χ3n) is 9.39. The Morgan fingerprint density at radius 1 is 1.06 bits per heavy atom. The Kier molecular flexibility index (Phi) is 6.90. The first-order valence-corrected chi connectivity index (χ1v) is 13.4. The molecule has 2 aliphatic heterocycles. The molecule has 0 aromatic heterocycles. The van der Waals surface area contributed by atoms with Crippen LogP contribution < -0.4 is 0 Å². The first-order chi connectivity index (χ1) is 16.5. The van der Waals surface area contributed by atoms with Gasteiger partial charge < -0.3 is 18.9 Å². The van der Waals surface area contributed by atoms with Crippen LogP contribution >= 0.6 is 0 Å². The van der Waals surface area contributed by atoms with Gasteiger partial charge in [-0.15, -0.1) is 0 Å². The van der Waals surface area contributed by atoms with Crippen molar-refractivity contribution >= 4 is 17.9 Å². The van der Waals surface area contributed by atoms with E-state index in [0.717, 1.165) is 25.7 Å². The molecule has 0 aromatic carbocycles. The third kappa shape index (κ3) is 4.15. The van der Waals surface area contributed by atoms with Crippen molar-refractivity contribution < 1.29 is 33.3 Å². The lowest BCUT2D eigenvalue weighted by Crippen LogP contribution is -2.49. The summed E-state index contributed by atoms with van der Waals surface area (Å²) < 4.78 is 23.3. The highest BCUT2D eigenvalue weighted by Crippen LogP contribution is 2.59. The second kappa shape index (κ2) is 9.76. The lowest BCUT2D eigenvalue weighted by atomic mass is 9.73. The van der Waals surface area contributed by atoms with Crippen LogP contribution in [0.5, 0.6) is 0 Å². The van der Waals surface area contributed by atoms with Gasteiger partial charge in [-0.3, -0.25) is 19.3 Å². The molecule has 2 saturated heterocycles. The quantitative estimate of drug-likeness (QED) is 0.389. The number of rotatable bonds is 8. The van der Waals surface area contributed by atoms with Crippen LogP contribution in [0.15, 0.2) is 0 Å². The van der Waals surface area contributed by atoms with E-state index in [1.807, 2.05) is 4.90 Å². The van der Waals surface area contributed by atoms with Gasteiger partial charge >= 0.3 is 17.9 Å². The maximum Gasteiger partial charge on any atom is 0.320 e. The van der Waals surface area contributed by atoms with Gasteiger partial charge in [0, 0.05) is 24.9 Å². The fraction of sp³-hybridized carbons (Fsp3) is 0.885. The van der Waals surface area contributed by atoms with Gasteiger partial charge in [0.25, 0.3) is 0 Å². The summed E-state index contributed by atoms with van der Waals surface area (Å²) in [6, 6.07) is 0. The SMILES string of the molecule is CCC(CC)(OC(=O)C1C2CC3C(OC(=O)C31)C2OC(=O)CN1CCOCC1)C1CCCCC1. The van der Waals surface area contributed by atoms with Crippen molar-refractivity contribution in [2.75, 3.05) is 32.8 Å². The van der Waals surface area contributed by atoms with Crippen molar-refractivity contribution in [1.82, 2.24) is 4.90 Å². The summed E-state index contributed by atoms with van der Waals surface area (Å²) in [5.41, 5.74) is -0.482. The molecule has 3 saturated carbocycles. The van der Waals surface area contributed by atoms with Gasteiger partial charge in [-0.25, -0.2) is 0 Å². The number of carbonyl (C=O) groups excluding carboxylic acids is 3. The summed E-state index contributed by atoms with van der Waals surface area (Å²) in [5, 5.41) is 0. The molecule has 0 N–H and O–H groups in total. The summed E-state index contributed by atoms with van der Waals surface area (Å²) in [5.74, 6) is -1.92. The van der Waals surface area contributed by atoms with Crippen molar-refractivity contribution in [2.45, 2.75) is 83.0 Å². The summed E-state index contributed by atoms with van der Waals surface area (Å²) in [6.45, 7) is 6.98. The molecule has 5 fully saturated rings. The molecule has 5 aliphatic rings. The van der Waals surface area contributed by atoms with Gasteiger partial charge in [-0.2, -0.15) is 0 Å². The monoisotopic (exact) mass is 477 g/mol. The molecule has 6 unspecified atom stereocenters. The van der Waals surface area contributed by atoms with Crippen LogP contribution in [0.1, 0.15) is 65.2 Å². The van der Waals surface area contributed by atoms with Crippen molar-refractivity contribution in [3.8, 4) is 0 Å². The van der Waals surface area contributed by atoms with Gasteiger partial charge in [0.1, 0.15) is 17.8 Å². The average Bonchev–Trinajstić information content (AvgIpc) is 3.48. The molecule has 5 rings (SSSR count). The van der Waals surface area contributed by atoms with Gasteiger partial charge in [0.05, 0.1) is 31.6 Å². The van der Waals surface area contributed by atoms with Crippen molar-refractivity contribution in [3.05, 3.63) is 0 Å². The number of nitrogens with zero attached hydrogens (tertiary/aromatic N) is 1. The van der Waals surface area contributed by atoms with E-state index in [1.165, 1.54) is 19.3 Å². The summed E-state index contributed by atoms with van der Waals surface area (Å²) in [4.78, 5) is 41.2. The molecule has 3 aliphatic carbocycles. The Labute approximate surface area is 202 Å². The number of carbonyl (C=O) groups is 3. The highest BCUT2D eigenvalue weighted by atomic mass is 16.6. The molecule has 0 radical (unpaired) electrons. The standard InChI is InChI=1S/C26H39NO7/c1-3-26(4-2,16-8-6-5-7-9-16)34-25(30)21-18-14-17-20(21)24(29)33-23(17)22(18)32-19(28)15-27-10-12-31-13-11-27/h16-18,20-23H,3-15H2,1-2H3. The normalized spacial score (nSPS) is 35.9. The molecular weight excluding hydrogens is 438 g/mol. The van der Waals surface area contributed by atoms with Crippen LogP contribution in [0.2, 0.25) is 0 Å². The maximum absolute atomic E-state index is 13.7. The number of morpholine rings is 1. The van der Waals surface area contributed by atoms with Crippen molar-refractivity contribution in [2.24, 2.45) is 29.6 Å². The lowest BCUT2D eigenvalue weighted by Gasteiger charge is -2.42. The van der Waals surface area contributed by atoms with Crippen molar-refractivity contribution in [3.63, 3.8) is 0 Å². The predicted molar refractivity (Wildman–Crippen MR) is 122 cm³/mol. The minimum Gasteiger partial charge on any atom is -0.459 e. The molecule has 0 spiro atoms. The molecule has 2 bridgehead atoms. The Morgan fingerprint density at radius 3 is 2.44 bits per heavy atom. The second-order valence-corrected chi connectivity index (χ2v) is 10.9. The molecule has 0 aromatic rings. The lowest BCUT2D eigenvalue weighted by molar-refractivity contribution is -0.183.